The molecule has 0 aromatic carbocycles. The van der Waals surface area contributed by atoms with E-state index in [4.69, 9.17) is 4.74 Å². The molecule has 0 aromatic heterocycles. The number of rotatable bonds is 6. The second-order valence-electron chi connectivity index (χ2n) is 6.96. The molecule has 2 aliphatic heterocycles. The number of likely N-dealkylation sites (tertiary alicyclic amines) is 1. The highest BCUT2D eigenvalue weighted by atomic mass is 16.5. The van der Waals surface area contributed by atoms with Gasteiger partial charge in [0.1, 0.15) is 0 Å². The maximum Gasteiger partial charge on any atom is 0.0594 e. The molecule has 2 fully saturated rings. The molecule has 3 atom stereocenters. The molecule has 0 aliphatic carbocycles. The Morgan fingerprint density at radius 2 is 1.52 bits per heavy atom. The number of nitrogens with zero attached hydrogens (tertiary/aromatic N) is 2. The first-order valence-corrected chi connectivity index (χ1v) is 8.97. The van der Waals surface area contributed by atoms with E-state index >= 15 is 0 Å². The fraction of sp³-hybridized carbons (Fsp3) is 1.00. The molecule has 4 heteroatoms. The molecule has 0 radical (unpaired) electrons. The Hall–Kier alpha value is -0.160. The molecule has 0 saturated carbocycles. The Bertz CT molecular complexity index is 273. The molecule has 2 rings (SSSR count). The van der Waals surface area contributed by atoms with Gasteiger partial charge in [0.05, 0.1) is 13.2 Å². The maximum absolute atomic E-state index is 5.45. The summed E-state index contributed by atoms with van der Waals surface area (Å²) in [6, 6.07) is 1.69. The Labute approximate surface area is 131 Å². The van der Waals surface area contributed by atoms with Crippen molar-refractivity contribution in [2.75, 3.05) is 45.9 Å². The Morgan fingerprint density at radius 3 is 2.14 bits per heavy atom. The molecule has 2 aliphatic rings. The van der Waals surface area contributed by atoms with E-state index in [0.717, 1.165) is 26.3 Å². The van der Waals surface area contributed by atoms with E-state index in [1.54, 1.807) is 0 Å². The van der Waals surface area contributed by atoms with Crippen LogP contribution in [0.4, 0.5) is 0 Å². The van der Waals surface area contributed by atoms with Crippen molar-refractivity contribution < 1.29 is 4.74 Å². The number of ether oxygens (including phenoxy) is 1. The fourth-order valence-corrected chi connectivity index (χ4v) is 3.65. The van der Waals surface area contributed by atoms with E-state index in [2.05, 4.69) is 35.9 Å². The standard InChI is InChI=1S/C17H35N3O/c1-15(14-19-8-6-4-5-7-9-19)18-16(2)17(3)20-10-12-21-13-11-20/h15-18H,4-14H2,1-3H3. The van der Waals surface area contributed by atoms with Crippen molar-refractivity contribution in [1.82, 2.24) is 15.1 Å². The molecule has 1 N–H and O–H groups in total. The molecule has 21 heavy (non-hydrogen) atoms. The summed E-state index contributed by atoms with van der Waals surface area (Å²) in [6.45, 7) is 14.7. The van der Waals surface area contributed by atoms with Gasteiger partial charge in [0.2, 0.25) is 0 Å². The van der Waals surface area contributed by atoms with E-state index in [-0.39, 0.29) is 0 Å². The van der Waals surface area contributed by atoms with Gasteiger partial charge in [-0.15, -0.1) is 0 Å². The van der Waals surface area contributed by atoms with Crippen LogP contribution in [0.15, 0.2) is 0 Å². The quantitative estimate of drug-likeness (QED) is 0.811. The molecule has 2 heterocycles. The average molecular weight is 297 g/mol. The van der Waals surface area contributed by atoms with Gasteiger partial charge in [-0.05, 0) is 46.7 Å². The lowest BCUT2D eigenvalue weighted by Crippen LogP contribution is -2.54. The second kappa shape index (κ2) is 9.09. The third-order valence-electron chi connectivity index (χ3n) is 5.12. The van der Waals surface area contributed by atoms with Gasteiger partial charge in [0, 0.05) is 37.8 Å². The molecular weight excluding hydrogens is 262 g/mol. The van der Waals surface area contributed by atoms with Crippen LogP contribution >= 0.6 is 0 Å². The molecule has 4 nitrogen and oxygen atoms in total. The van der Waals surface area contributed by atoms with E-state index in [1.165, 1.54) is 45.3 Å². The van der Waals surface area contributed by atoms with Crippen LogP contribution < -0.4 is 5.32 Å². The minimum atomic E-state index is 0.532. The molecule has 0 aromatic rings. The Morgan fingerprint density at radius 1 is 0.905 bits per heavy atom. The van der Waals surface area contributed by atoms with Gasteiger partial charge in [-0.3, -0.25) is 4.90 Å². The lowest BCUT2D eigenvalue weighted by atomic mass is 10.1. The van der Waals surface area contributed by atoms with Crippen molar-refractivity contribution in [3.63, 3.8) is 0 Å². The first kappa shape index (κ1) is 17.2. The summed E-state index contributed by atoms with van der Waals surface area (Å²) < 4.78 is 5.45. The third-order valence-corrected chi connectivity index (χ3v) is 5.12. The highest BCUT2D eigenvalue weighted by molar-refractivity contribution is 4.82. The smallest absolute Gasteiger partial charge is 0.0594 e. The van der Waals surface area contributed by atoms with Crippen LogP contribution in [-0.4, -0.2) is 73.9 Å². The highest BCUT2D eigenvalue weighted by Crippen LogP contribution is 2.11. The molecule has 0 bridgehead atoms. The average Bonchev–Trinajstić information content (AvgIpc) is 2.75. The topological polar surface area (TPSA) is 27.7 Å². The van der Waals surface area contributed by atoms with Gasteiger partial charge >= 0.3 is 0 Å². The predicted octanol–water partition coefficient (Wildman–Crippen LogP) is 1.95. The minimum Gasteiger partial charge on any atom is -0.379 e. The van der Waals surface area contributed by atoms with Gasteiger partial charge in [-0.1, -0.05) is 12.8 Å². The lowest BCUT2D eigenvalue weighted by molar-refractivity contribution is 0.0126. The van der Waals surface area contributed by atoms with Crippen LogP contribution in [0, 0.1) is 0 Å². The number of morpholine rings is 1. The molecular formula is C17H35N3O. The summed E-state index contributed by atoms with van der Waals surface area (Å²) >= 11 is 0. The summed E-state index contributed by atoms with van der Waals surface area (Å²) in [6.07, 6.45) is 5.60. The van der Waals surface area contributed by atoms with Crippen LogP contribution in [0.3, 0.4) is 0 Å². The van der Waals surface area contributed by atoms with E-state index in [9.17, 15) is 0 Å². The highest BCUT2D eigenvalue weighted by Gasteiger charge is 2.23. The zero-order valence-electron chi connectivity index (χ0n) is 14.3. The summed E-state index contributed by atoms with van der Waals surface area (Å²) in [5.41, 5.74) is 0. The van der Waals surface area contributed by atoms with Crippen molar-refractivity contribution in [2.24, 2.45) is 0 Å². The molecule has 124 valence electrons. The van der Waals surface area contributed by atoms with E-state index in [1.807, 2.05) is 0 Å². The van der Waals surface area contributed by atoms with Gasteiger partial charge in [-0.25, -0.2) is 0 Å². The van der Waals surface area contributed by atoms with Crippen molar-refractivity contribution in [3.05, 3.63) is 0 Å². The van der Waals surface area contributed by atoms with Crippen LogP contribution in [0.25, 0.3) is 0 Å². The zero-order valence-corrected chi connectivity index (χ0v) is 14.3. The predicted molar refractivity (Wildman–Crippen MR) is 88.8 cm³/mol. The molecule has 0 amide bonds. The van der Waals surface area contributed by atoms with Crippen molar-refractivity contribution in [3.8, 4) is 0 Å². The Balaban J connectivity index is 1.71. The minimum absolute atomic E-state index is 0.532. The zero-order chi connectivity index (χ0) is 15.1. The van der Waals surface area contributed by atoms with Gasteiger partial charge in [0.25, 0.3) is 0 Å². The summed E-state index contributed by atoms with van der Waals surface area (Å²) in [5.74, 6) is 0. The lowest BCUT2D eigenvalue weighted by Gasteiger charge is -2.37. The fourth-order valence-electron chi connectivity index (χ4n) is 3.65. The normalized spacial score (nSPS) is 27.0. The molecule has 2 saturated heterocycles. The number of hydrogen-bond donors (Lipinski definition) is 1. The van der Waals surface area contributed by atoms with E-state index in [0.29, 0.717) is 18.1 Å². The van der Waals surface area contributed by atoms with E-state index < -0.39 is 0 Å². The summed E-state index contributed by atoms with van der Waals surface area (Å²) in [4.78, 5) is 5.20. The van der Waals surface area contributed by atoms with Gasteiger partial charge in [0.15, 0.2) is 0 Å². The van der Waals surface area contributed by atoms with Crippen molar-refractivity contribution in [2.45, 2.75) is 64.6 Å². The SMILES string of the molecule is CC(CN1CCCCCC1)NC(C)C(C)N1CCOCC1. The summed E-state index contributed by atoms with van der Waals surface area (Å²) in [7, 11) is 0. The monoisotopic (exact) mass is 297 g/mol. The molecule has 0 spiro atoms. The first-order valence-electron chi connectivity index (χ1n) is 8.97. The van der Waals surface area contributed by atoms with Crippen LogP contribution in [0.2, 0.25) is 0 Å². The van der Waals surface area contributed by atoms with Gasteiger partial charge in [-0.2, -0.15) is 0 Å². The van der Waals surface area contributed by atoms with Crippen molar-refractivity contribution in [1.29, 1.82) is 0 Å². The van der Waals surface area contributed by atoms with Crippen molar-refractivity contribution >= 4 is 0 Å². The largest absolute Gasteiger partial charge is 0.379 e. The number of hydrogen-bond acceptors (Lipinski definition) is 4. The Kier molecular flexibility index (Phi) is 7.44. The molecule has 3 unspecified atom stereocenters. The van der Waals surface area contributed by atoms with Crippen LogP contribution in [0.1, 0.15) is 46.5 Å². The maximum atomic E-state index is 5.45. The first-order chi connectivity index (χ1) is 10.2. The van der Waals surface area contributed by atoms with Crippen LogP contribution in [-0.2, 0) is 4.74 Å². The van der Waals surface area contributed by atoms with Gasteiger partial charge < -0.3 is 15.0 Å². The third kappa shape index (κ3) is 5.85. The second-order valence-corrected chi connectivity index (χ2v) is 6.96. The summed E-state index contributed by atoms with van der Waals surface area (Å²) in [5, 5.41) is 3.82. The van der Waals surface area contributed by atoms with Crippen LogP contribution in [0.5, 0.6) is 0 Å². The number of nitrogens with one attached hydrogen (secondary N) is 1.